The second-order valence-electron chi connectivity index (χ2n) is 4.68. The van der Waals surface area contributed by atoms with Crippen LogP contribution in [-0.2, 0) is 0 Å². The summed E-state index contributed by atoms with van der Waals surface area (Å²) in [6.45, 7) is 3.55. The van der Waals surface area contributed by atoms with Gasteiger partial charge >= 0.3 is 0 Å². The number of hydrogen-bond acceptors (Lipinski definition) is 3. The molecule has 108 valence electrons. The van der Waals surface area contributed by atoms with Gasteiger partial charge in [-0.25, -0.2) is 9.82 Å². The van der Waals surface area contributed by atoms with Crippen LogP contribution in [-0.4, -0.2) is 17.2 Å². The van der Waals surface area contributed by atoms with Crippen molar-refractivity contribution in [2.45, 2.75) is 13.8 Å². The fraction of sp³-hybridized carbons (Fsp3) is 0.125. The number of rotatable bonds is 3. The third kappa shape index (κ3) is 3.45. The van der Waals surface area contributed by atoms with Gasteiger partial charge in [0.2, 0.25) is 0 Å². The van der Waals surface area contributed by atoms with E-state index in [2.05, 4.69) is 10.5 Å². The number of carbonyl (C=O) groups excluding carboxylic acids is 1. The number of phenolic OH excluding ortho intramolecular Hbond substituents is 1. The van der Waals surface area contributed by atoms with E-state index in [9.17, 15) is 14.3 Å². The monoisotopic (exact) mass is 286 g/mol. The van der Waals surface area contributed by atoms with E-state index in [1.807, 2.05) is 0 Å². The van der Waals surface area contributed by atoms with Crippen LogP contribution in [0.2, 0.25) is 0 Å². The Morgan fingerprint density at radius 2 is 1.86 bits per heavy atom. The second kappa shape index (κ2) is 6.17. The summed E-state index contributed by atoms with van der Waals surface area (Å²) in [5, 5.41) is 13.5. The fourth-order valence-corrected chi connectivity index (χ4v) is 1.93. The molecule has 0 fully saturated rings. The number of hydrogen-bond donors (Lipinski definition) is 2. The number of amides is 1. The highest BCUT2D eigenvalue weighted by atomic mass is 19.1. The van der Waals surface area contributed by atoms with E-state index in [4.69, 9.17) is 0 Å². The summed E-state index contributed by atoms with van der Waals surface area (Å²) in [6.07, 6.45) is 1.44. The Morgan fingerprint density at radius 1 is 1.24 bits per heavy atom. The maximum Gasteiger partial charge on any atom is 0.274 e. The summed E-state index contributed by atoms with van der Waals surface area (Å²) in [5.74, 6) is -0.972. The number of nitrogens with one attached hydrogen (secondary N) is 1. The molecule has 0 unspecified atom stereocenters. The van der Waals surface area contributed by atoms with Crippen LogP contribution >= 0.6 is 0 Å². The van der Waals surface area contributed by atoms with Gasteiger partial charge in [-0.1, -0.05) is 12.1 Å². The predicted molar refractivity (Wildman–Crippen MR) is 79.0 cm³/mol. The second-order valence-corrected chi connectivity index (χ2v) is 4.68. The standard InChI is InChI=1S/C16H15FN2O2/c1-10-7-12(8-11(2)15(10)20)9-18-19-16(21)13-5-3-4-6-14(13)17/h3-9,20H,1-2H3,(H,19,21). The minimum absolute atomic E-state index is 0.0623. The van der Waals surface area contributed by atoms with Crippen LogP contribution in [0.5, 0.6) is 5.75 Å². The minimum Gasteiger partial charge on any atom is -0.507 e. The lowest BCUT2D eigenvalue weighted by molar-refractivity contribution is 0.0951. The first-order valence-corrected chi connectivity index (χ1v) is 6.37. The molecule has 0 aliphatic heterocycles. The van der Waals surface area contributed by atoms with Crippen LogP contribution < -0.4 is 5.43 Å². The maximum absolute atomic E-state index is 13.4. The number of nitrogens with zero attached hydrogens (tertiary/aromatic N) is 1. The molecule has 0 aromatic heterocycles. The van der Waals surface area contributed by atoms with Crippen LogP contribution in [0.3, 0.4) is 0 Å². The highest BCUT2D eigenvalue weighted by Gasteiger charge is 2.09. The Labute approximate surface area is 121 Å². The van der Waals surface area contributed by atoms with Gasteiger partial charge in [0.05, 0.1) is 11.8 Å². The van der Waals surface area contributed by atoms with E-state index in [0.717, 1.165) is 16.7 Å². The molecule has 0 bridgehead atoms. The number of aromatic hydroxyl groups is 1. The van der Waals surface area contributed by atoms with Crippen molar-refractivity contribution in [1.29, 1.82) is 0 Å². The third-order valence-electron chi connectivity index (χ3n) is 3.01. The van der Waals surface area contributed by atoms with Gasteiger partial charge in [-0.2, -0.15) is 5.10 Å². The fourth-order valence-electron chi connectivity index (χ4n) is 1.93. The zero-order valence-corrected chi connectivity index (χ0v) is 11.7. The van der Waals surface area contributed by atoms with Crippen molar-refractivity contribution in [2.24, 2.45) is 5.10 Å². The highest BCUT2D eigenvalue weighted by Crippen LogP contribution is 2.21. The van der Waals surface area contributed by atoms with Gasteiger partial charge in [-0.05, 0) is 54.8 Å². The Morgan fingerprint density at radius 3 is 2.48 bits per heavy atom. The average Bonchev–Trinajstić information content (AvgIpc) is 2.45. The first kappa shape index (κ1) is 14.7. The van der Waals surface area contributed by atoms with Crippen LogP contribution in [0.15, 0.2) is 41.5 Å². The number of benzene rings is 2. The highest BCUT2D eigenvalue weighted by molar-refractivity contribution is 5.95. The predicted octanol–water partition coefficient (Wildman–Crippen LogP) is 2.91. The summed E-state index contributed by atoms with van der Waals surface area (Å²) in [4.78, 5) is 11.7. The van der Waals surface area contributed by atoms with E-state index in [1.165, 1.54) is 24.4 Å². The molecule has 0 aliphatic carbocycles. The first-order chi connectivity index (χ1) is 9.99. The molecule has 0 atom stereocenters. The van der Waals surface area contributed by atoms with Gasteiger partial charge in [0.25, 0.3) is 5.91 Å². The number of aryl methyl sites for hydroxylation is 2. The van der Waals surface area contributed by atoms with Crippen molar-refractivity contribution in [2.75, 3.05) is 0 Å². The Balaban J connectivity index is 2.10. The Bertz CT molecular complexity index is 688. The van der Waals surface area contributed by atoms with E-state index in [-0.39, 0.29) is 11.3 Å². The summed E-state index contributed by atoms with van der Waals surface area (Å²) >= 11 is 0. The van der Waals surface area contributed by atoms with Gasteiger partial charge < -0.3 is 5.11 Å². The van der Waals surface area contributed by atoms with Gasteiger partial charge in [0.1, 0.15) is 11.6 Å². The zero-order chi connectivity index (χ0) is 15.4. The maximum atomic E-state index is 13.4. The lowest BCUT2D eigenvalue weighted by atomic mass is 10.1. The Kier molecular flexibility index (Phi) is 4.33. The molecule has 21 heavy (non-hydrogen) atoms. The molecule has 1 amide bonds. The quantitative estimate of drug-likeness (QED) is 0.673. The Hall–Kier alpha value is -2.69. The normalized spacial score (nSPS) is 10.8. The van der Waals surface area contributed by atoms with E-state index < -0.39 is 11.7 Å². The molecule has 2 N–H and O–H groups in total. The van der Waals surface area contributed by atoms with Gasteiger partial charge in [0, 0.05) is 0 Å². The summed E-state index contributed by atoms with van der Waals surface area (Å²) < 4.78 is 13.4. The molecule has 2 aromatic rings. The van der Waals surface area contributed by atoms with Crippen molar-refractivity contribution in [3.8, 4) is 5.75 Å². The van der Waals surface area contributed by atoms with Crippen molar-refractivity contribution in [3.63, 3.8) is 0 Å². The summed E-state index contributed by atoms with van der Waals surface area (Å²) in [6, 6.07) is 9.16. The van der Waals surface area contributed by atoms with Gasteiger partial charge in [-0.3, -0.25) is 4.79 Å². The molecule has 0 saturated heterocycles. The molecule has 0 saturated carbocycles. The van der Waals surface area contributed by atoms with Crippen LogP contribution in [0.1, 0.15) is 27.0 Å². The number of phenols is 1. The average molecular weight is 286 g/mol. The molecule has 0 spiro atoms. The number of halogens is 1. The van der Waals surface area contributed by atoms with Gasteiger partial charge in [0.15, 0.2) is 0 Å². The first-order valence-electron chi connectivity index (χ1n) is 6.37. The molecular formula is C16H15FN2O2. The molecule has 2 rings (SSSR count). The number of carbonyl (C=O) groups is 1. The molecular weight excluding hydrogens is 271 g/mol. The topological polar surface area (TPSA) is 61.7 Å². The largest absolute Gasteiger partial charge is 0.507 e. The molecule has 2 aromatic carbocycles. The molecule has 0 heterocycles. The van der Waals surface area contributed by atoms with Crippen molar-refractivity contribution in [1.82, 2.24) is 5.43 Å². The minimum atomic E-state index is -0.614. The van der Waals surface area contributed by atoms with Crippen LogP contribution in [0.4, 0.5) is 4.39 Å². The summed E-state index contributed by atoms with van der Waals surface area (Å²) in [5.41, 5.74) is 4.38. The zero-order valence-electron chi connectivity index (χ0n) is 11.7. The SMILES string of the molecule is Cc1cc(C=NNC(=O)c2ccccc2F)cc(C)c1O. The third-order valence-corrected chi connectivity index (χ3v) is 3.01. The van der Waals surface area contributed by atoms with E-state index in [0.29, 0.717) is 0 Å². The van der Waals surface area contributed by atoms with Crippen molar-refractivity contribution in [3.05, 3.63) is 64.5 Å². The molecule has 0 radical (unpaired) electrons. The smallest absolute Gasteiger partial charge is 0.274 e. The molecule has 4 nitrogen and oxygen atoms in total. The van der Waals surface area contributed by atoms with E-state index in [1.54, 1.807) is 32.0 Å². The molecule has 0 aliphatic rings. The lowest BCUT2D eigenvalue weighted by Crippen LogP contribution is -2.18. The van der Waals surface area contributed by atoms with Gasteiger partial charge in [-0.15, -0.1) is 0 Å². The lowest BCUT2D eigenvalue weighted by Gasteiger charge is -2.04. The van der Waals surface area contributed by atoms with Crippen molar-refractivity contribution < 1.29 is 14.3 Å². The van der Waals surface area contributed by atoms with E-state index >= 15 is 0 Å². The number of hydrazone groups is 1. The summed E-state index contributed by atoms with van der Waals surface area (Å²) in [7, 11) is 0. The van der Waals surface area contributed by atoms with Crippen molar-refractivity contribution >= 4 is 12.1 Å². The van der Waals surface area contributed by atoms with Crippen LogP contribution in [0.25, 0.3) is 0 Å². The molecule has 5 heteroatoms. The van der Waals surface area contributed by atoms with Crippen LogP contribution in [0, 0.1) is 19.7 Å².